The van der Waals surface area contributed by atoms with Crippen molar-refractivity contribution < 1.29 is 14.6 Å². The third kappa shape index (κ3) is 4.79. The van der Waals surface area contributed by atoms with E-state index in [-0.39, 0.29) is 15.8 Å². The minimum Gasteiger partial charge on any atom is -0.296 e. The van der Waals surface area contributed by atoms with Gasteiger partial charge in [-0.25, -0.2) is 4.99 Å². The molecule has 0 saturated carbocycles. The highest BCUT2D eigenvalue weighted by atomic mass is 79.9. The topological polar surface area (TPSA) is 154 Å². The molecule has 0 aliphatic rings. The van der Waals surface area contributed by atoms with Crippen LogP contribution in [0.2, 0.25) is 0 Å². The summed E-state index contributed by atoms with van der Waals surface area (Å²) in [5.74, 6) is -0.791. The summed E-state index contributed by atoms with van der Waals surface area (Å²) in [5.41, 5.74) is -1.38. The summed E-state index contributed by atoms with van der Waals surface area (Å²) in [7, 11) is 0. The van der Waals surface area contributed by atoms with Crippen LogP contribution in [0.4, 0.5) is 21.6 Å². The van der Waals surface area contributed by atoms with Crippen molar-refractivity contribution in [3.8, 4) is 0 Å². The molecule has 0 aliphatic heterocycles. The predicted molar refractivity (Wildman–Crippen MR) is 107 cm³/mol. The SMILES string of the molecule is O=C(Nc1nnc(/N=C/c2ccc(Br)s2)s1)c1cc([N+](=O)[O-])cc([N+](=O)[O-])c1. The van der Waals surface area contributed by atoms with Crippen LogP contribution in [0, 0.1) is 20.2 Å². The third-order valence-electron chi connectivity index (χ3n) is 3.12. The van der Waals surface area contributed by atoms with Gasteiger partial charge in [-0.2, -0.15) is 0 Å². The van der Waals surface area contributed by atoms with E-state index >= 15 is 0 Å². The van der Waals surface area contributed by atoms with E-state index in [0.29, 0.717) is 0 Å². The molecule has 14 heteroatoms. The fourth-order valence-electron chi connectivity index (χ4n) is 1.94. The zero-order valence-corrected chi connectivity index (χ0v) is 16.7. The molecule has 3 aromatic rings. The molecule has 3 rings (SSSR count). The summed E-state index contributed by atoms with van der Waals surface area (Å²) < 4.78 is 0.949. The molecule has 0 bridgehead atoms. The van der Waals surface area contributed by atoms with Crippen molar-refractivity contribution in [1.29, 1.82) is 0 Å². The molecule has 1 N–H and O–H groups in total. The zero-order valence-electron chi connectivity index (χ0n) is 13.4. The highest BCUT2D eigenvalue weighted by molar-refractivity contribution is 9.11. The molecular formula is C14H7BrN6O5S2. The zero-order chi connectivity index (χ0) is 20.3. The monoisotopic (exact) mass is 482 g/mol. The van der Waals surface area contributed by atoms with E-state index in [1.165, 1.54) is 11.3 Å². The molecule has 142 valence electrons. The Bertz CT molecular complexity index is 1080. The lowest BCUT2D eigenvalue weighted by Gasteiger charge is -2.01. The maximum Gasteiger partial charge on any atom is 0.277 e. The number of hydrogen-bond donors (Lipinski definition) is 1. The highest BCUT2D eigenvalue weighted by Gasteiger charge is 2.20. The minimum absolute atomic E-state index is 0.0960. The summed E-state index contributed by atoms with van der Waals surface area (Å²) in [4.78, 5) is 37.5. The number of non-ortho nitro benzene ring substituents is 2. The van der Waals surface area contributed by atoms with Gasteiger partial charge in [-0.3, -0.25) is 30.3 Å². The van der Waals surface area contributed by atoms with Gasteiger partial charge in [0.25, 0.3) is 17.3 Å². The number of rotatable bonds is 6. The maximum absolute atomic E-state index is 12.3. The summed E-state index contributed by atoms with van der Waals surface area (Å²) in [6.07, 6.45) is 1.59. The second-order valence-electron chi connectivity index (χ2n) is 5.00. The summed E-state index contributed by atoms with van der Waals surface area (Å²) in [5, 5.41) is 32.2. The van der Waals surface area contributed by atoms with Gasteiger partial charge >= 0.3 is 0 Å². The largest absolute Gasteiger partial charge is 0.296 e. The van der Waals surface area contributed by atoms with Crippen LogP contribution < -0.4 is 5.32 Å². The van der Waals surface area contributed by atoms with E-state index in [2.05, 4.69) is 36.4 Å². The molecule has 2 heterocycles. The van der Waals surface area contributed by atoms with Gasteiger partial charge in [0.2, 0.25) is 10.3 Å². The molecule has 0 saturated heterocycles. The number of carbonyl (C=O) groups is 1. The van der Waals surface area contributed by atoms with Crippen LogP contribution >= 0.6 is 38.6 Å². The maximum atomic E-state index is 12.3. The Kier molecular flexibility index (Phi) is 5.81. The number of aromatic nitrogens is 2. The quantitative estimate of drug-likeness (QED) is 0.313. The molecular weight excluding hydrogens is 476 g/mol. The van der Waals surface area contributed by atoms with Crippen molar-refractivity contribution in [2.24, 2.45) is 4.99 Å². The number of nitrogens with zero attached hydrogens (tertiary/aromatic N) is 5. The Morgan fingerprint density at radius 1 is 1.11 bits per heavy atom. The molecule has 0 radical (unpaired) electrons. The normalized spacial score (nSPS) is 10.9. The van der Waals surface area contributed by atoms with Crippen LogP contribution in [-0.4, -0.2) is 32.2 Å². The van der Waals surface area contributed by atoms with Crippen molar-refractivity contribution in [2.75, 3.05) is 5.32 Å². The first-order chi connectivity index (χ1) is 13.3. The van der Waals surface area contributed by atoms with Gasteiger partial charge in [0.15, 0.2) is 0 Å². The van der Waals surface area contributed by atoms with Gasteiger partial charge in [-0.1, -0.05) is 11.3 Å². The van der Waals surface area contributed by atoms with E-state index in [1.54, 1.807) is 6.21 Å². The lowest BCUT2D eigenvalue weighted by atomic mass is 10.1. The second-order valence-corrected chi connectivity index (χ2v) is 8.45. The fourth-order valence-corrected chi connectivity index (χ4v) is 3.82. The van der Waals surface area contributed by atoms with Gasteiger partial charge < -0.3 is 0 Å². The van der Waals surface area contributed by atoms with Gasteiger partial charge in [0.05, 0.1) is 25.3 Å². The van der Waals surface area contributed by atoms with Crippen LogP contribution in [0.25, 0.3) is 0 Å². The van der Waals surface area contributed by atoms with Gasteiger partial charge in [0.1, 0.15) is 0 Å². The minimum atomic E-state index is -0.815. The smallest absolute Gasteiger partial charge is 0.277 e. The van der Waals surface area contributed by atoms with Crippen molar-refractivity contribution in [2.45, 2.75) is 0 Å². The number of thiophene rings is 1. The van der Waals surface area contributed by atoms with Gasteiger partial charge in [-0.05, 0) is 28.1 Å². The standard InChI is InChI=1S/C14H7BrN6O5S2/c15-11-2-1-10(27-11)6-16-13-18-19-14(28-13)17-12(22)7-3-8(20(23)24)5-9(4-7)21(25)26/h1-6H,(H,17,19,22)/b16-6+. The number of aliphatic imine (C=N–C) groups is 1. The van der Waals surface area contributed by atoms with Crippen molar-refractivity contribution in [3.05, 3.63) is 64.8 Å². The van der Waals surface area contributed by atoms with Crippen LogP contribution in [0.5, 0.6) is 0 Å². The fraction of sp³-hybridized carbons (Fsp3) is 0. The molecule has 2 aromatic heterocycles. The first-order valence-electron chi connectivity index (χ1n) is 7.20. The van der Waals surface area contributed by atoms with Crippen LogP contribution in [0.1, 0.15) is 15.2 Å². The van der Waals surface area contributed by atoms with Gasteiger partial charge in [0, 0.05) is 23.2 Å². The summed E-state index contributed by atoms with van der Waals surface area (Å²) in [6, 6.07) is 6.39. The average Bonchev–Trinajstić information content (AvgIpc) is 3.28. The van der Waals surface area contributed by atoms with Crippen LogP contribution in [0.15, 0.2) is 39.1 Å². The molecule has 0 aliphatic carbocycles. The molecule has 0 unspecified atom stereocenters. The van der Waals surface area contributed by atoms with Gasteiger partial charge in [-0.15, -0.1) is 21.5 Å². The molecule has 0 fully saturated rings. The molecule has 0 atom stereocenters. The van der Waals surface area contributed by atoms with E-state index in [1.807, 2.05) is 12.1 Å². The van der Waals surface area contributed by atoms with Crippen molar-refractivity contribution in [3.63, 3.8) is 0 Å². The number of anilines is 1. The number of halogens is 1. The third-order valence-corrected chi connectivity index (χ3v) is 5.42. The Morgan fingerprint density at radius 2 is 1.79 bits per heavy atom. The number of nitro benzene ring substituents is 2. The second kappa shape index (κ2) is 8.28. The lowest BCUT2D eigenvalue weighted by Crippen LogP contribution is -2.12. The Labute approximate surface area is 172 Å². The lowest BCUT2D eigenvalue weighted by molar-refractivity contribution is -0.394. The number of carbonyl (C=O) groups excluding carboxylic acids is 1. The molecule has 1 amide bonds. The highest BCUT2D eigenvalue weighted by Crippen LogP contribution is 2.27. The Balaban J connectivity index is 1.76. The van der Waals surface area contributed by atoms with E-state index < -0.39 is 27.1 Å². The Morgan fingerprint density at radius 3 is 2.36 bits per heavy atom. The number of nitrogens with one attached hydrogen (secondary N) is 1. The Hall–Kier alpha value is -3.10. The first kappa shape index (κ1) is 19.7. The molecule has 28 heavy (non-hydrogen) atoms. The van der Waals surface area contributed by atoms with E-state index in [4.69, 9.17) is 0 Å². The molecule has 11 nitrogen and oxygen atoms in total. The summed E-state index contributed by atoms with van der Waals surface area (Å²) >= 11 is 5.79. The average molecular weight is 483 g/mol. The van der Waals surface area contributed by atoms with E-state index in [9.17, 15) is 25.0 Å². The van der Waals surface area contributed by atoms with Crippen LogP contribution in [-0.2, 0) is 0 Å². The number of nitro groups is 2. The van der Waals surface area contributed by atoms with Crippen LogP contribution in [0.3, 0.4) is 0 Å². The van der Waals surface area contributed by atoms with Crippen molar-refractivity contribution in [1.82, 2.24) is 10.2 Å². The number of hydrogen-bond acceptors (Lipinski definition) is 10. The summed E-state index contributed by atoms with van der Waals surface area (Å²) in [6.45, 7) is 0. The van der Waals surface area contributed by atoms with Crippen molar-refractivity contribution >= 4 is 72.4 Å². The first-order valence-corrected chi connectivity index (χ1v) is 9.62. The molecule has 0 spiro atoms. The van der Waals surface area contributed by atoms with E-state index in [0.717, 1.165) is 38.2 Å². The number of benzene rings is 1. The predicted octanol–water partition coefficient (Wildman–Crippen LogP) is 4.18. The molecule has 1 aromatic carbocycles. The number of amides is 1.